The van der Waals surface area contributed by atoms with Gasteiger partial charge in [0, 0.05) is 30.9 Å². The Labute approximate surface area is 114 Å². The molecule has 0 radical (unpaired) electrons. The van der Waals surface area contributed by atoms with E-state index in [2.05, 4.69) is 65.2 Å². The van der Waals surface area contributed by atoms with E-state index in [9.17, 15) is 0 Å². The largest absolute Gasteiger partial charge is 0.355 e. The second-order valence-corrected chi connectivity index (χ2v) is 5.75. The number of aromatic nitrogens is 2. The van der Waals surface area contributed by atoms with Crippen LogP contribution in [0.25, 0.3) is 0 Å². The van der Waals surface area contributed by atoms with Crippen LogP contribution in [0.2, 0.25) is 0 Å². The highest BCUT2D eigenvalue weighted by Crippen LogP contribution is 2.52. The van der Waals surface area contributed by atoms with E-state index in [1.807, 2.05) is 6.20 Å². The van der Waals surface area contributed by atoms with Gasteiger partial charge < -0.3 is 9.88 Å². The lowest BCUT2D eigenvalue weighted by Crippen LogP contribution is -2.12. The predicted octanol–water partition coefficient (Wildman–Crippen LogP) is 3.68. The maximum Gasteiger partial charge on any atom is 0.203 e. The molecule has 19 heavy (non-hydrogen) atoms. The summed E-state index contributed by atoms with van der Waals surface area (Å²) in [4.78, 5) is 4.43. The molecule has 3 heteroatoms. The molecule has 2 unspecified atom stereocenters. The van der Waals surface area contributed by atoms with Crippen molar-refractivity contribution in [3.8, 4) is 0 Å². The third kappa shape index (κ3) is 2.65. The van der Waals surface area contributed by atoms with E-state index in [1.165, 1.54) is 12.0 Å². The SMILES string of the molecule is CC(C)CNc1nccn1C1CC1c1ccccc1. The number of hydrogen-bond donors (Lipinski definition) is 1. The number of nitrogens with zero attached hydrogens (tertiary/aromatic N) is 2. The van der Waals surface area contributed by atoms with Gasteiger partial charge in [0.05, 0.1) is 0 Å². The molecule has 2 aromatic rings. The lowest BCUT2D eigenvalue weighted by atomic mass is 10.1. The highest BCUT2D eigenvalue weighted by atomic mass is 15.2. The molecule has 1 aliphatic carbocycles. The van der Waals surface area contributed by atoms with E-state index in [1.54, 1.807) is 0 Å². The van der Waals surface area contributed by atoms with E-state index in [-0.39, 0.29) is 0 Å². The van der Waals surface area contributed by atoms with Gasteiger partial charge in [-0.2, -0.15) is 0 Å². The lowest BCUT2D eigenvalue weighted by Gasteiger charge is -2.11. The second kappa shape index (κ2) is 5.08. The zero-order valence-corrected chi connectivity index (χ0v) is 11.6. The van der Waals surface area contributed by atoms with Gasteiger partial charge in [-0.1, -0.05) is 44.2 Å². The Bertz CT molecular complexity index is 530. The van der Waals surface area contributed by atoms with Gasteiger partial charge in [-0.15, -0.1) is 0 Å². The van der Waals surface area contributed by atoms with Crippen LogP contribution in [0.1, 0.15) is 37.8 Å². The summed E-state index contributed by atoms with van der Waals surface area (Å²) >= 11 is 0. The number of benzene rings is 1. The molecule has 0 saturated heterocycles. The van der Waals surface area contributed by atoms with Gasteiger partial charge in [0.2, 0.25) is 5.95 Å². The fourth-order valence-corrected chi connectivity index (χ4v) is 2.56. The van der Waals surface area contributed by atoms with Crippen LogP contribution in [0.3, 0.4) is 0 Å². The normalized spacial score (nSPS) is 21.6. The second-order valence-electron chi connectivity index (χ2n) is 5.75. The zero-order valence-electron chi connectivity index (χ0n) is 11.6. The summed E-state index contributed by atoms with van der Waals surface area (Å²) in [5.41, 5.74) is 1.44. The van der Waals surface area contributed by atoms with Crippen molar-refractivity contribution in [2.45, 2.75) is 32.2 Å². The summed E-state index contributed by atoms with van der Waals surface area (Å²) in [6.45, 7) is 5.40. The maximum atomic E-state index is 4.43. The van der Waals surface area contributed by atoms with Crippen LogP contribution in [0.5, 0.6) is 0 Å². The van der Waals surface area contributed by atoms with Crippen molar-refractivity contribution in [3.63, 3.8) is 0 Å². The van der Waals surface area contributed by atoms with Crippen molar-refractivity contribution in [2.75, 3.05) is 11.9 Å². The van der Waals surface area contributed by atoms with Crippen LogP contribution in [-0.4, -0.2) is 16.1 Å². The summed E-state index contributed by atoms with van der Waals surface area (Å²) in [7, 11) is 0. The van der Waals surface area contributed by atoms with Gasteiger partial charge in [0.1, 0.15) is 0 Å². The Balaban J connectivity index is 1.70. The first-order valence-corrected chi connectivity index (χ1v) is 7.07. The van der Waals surface area contributed by atoms with E-state index < -0.39 is 0 Å². The smallest absolute Gasteiger partial charge is 0.203 e. The summed E-state index contributed by atoms with van der Waals surface area (Å²) < 4.78 is 2.29. The molecule has 1 heterocycles. The van der Waals surface area contributed by atoms with E-state index >= 15 is 0 Å². The van der Waals surface area contributed by atoms with Crippen LogP contribution in [-0.2, 0) is 0 Å². The number of rotatable bonds is 5. The van der Waals surface area contributed by atoms with E-state index in [4.69, 9.17) is 0 Å². The number of imidazole rings is 1. The summed E-state index contributed by atoms with van der Waals surface area (Å²) in [5, 5.41) is 3.44. The van der Waals surface area contributed by atoms with Crippen LogP contribution >= 0.6 is 0 Å². The monoisotopic (exact) mass is 255 g/mol. The Hall–Kier alpha value is -1.77. The molecule has 3 nitrogen and oxygen atoms in total. The molecule has 1 aromatic heterocycles. The van der Waals surface area contributed by atoms with Crippen molar-refractivity contribution < 1.29 is 0 Å². The minimum atomic E-state index is 0.569. The highest BCUT2D eigenvalue weighted by molar-refractivity contribution is 5.33. The quantitative estimate of drug-likeness (QED) is 0.883. The molecular weight excluding hydrogens is 234 g/mol. The Morgan fingerprint density at radius 1 is 1.32 bits per heavy atom. The van der Waals surface area contributed by atoms with Crippen LogP contribution in [0.4, 0.5) is 5.95 Å². The molecule has 0 bridgehead atoms. The van der Waals surface area contributed by atoms with Gasteiger partial charge >= 0.3 is 0 Å². The summed E-state index contributed by atoms with van der Waals surface area (Å²) in [6, 6.07) is 11.3. The molecule has 0 spiro atoms. The van der Waals surface area contributed by atoms with Crippen molar-refractivity contribution in [1.29, 1.82) is 0 Å². The van der Waals surface area contributed by atoms with Crippen LogP contribution < -0.4 is 5.32 Å². The number of anilines is 1. The minimum Gasteiger partial charge on any atom is -0.355 e. The van der Waals surface area contributed by atoms with Crippen LogP contribution in [0.15, 0.2) is 42.7 Å². The molecule has 0 aliphatic heterocycles. The summed E-state index contributed by atoms with van der Waals surface area (Å²) in [6.07, 6.45) is 5.20. The first kappa shape index (κ1) is 12.3. The molecule has 1 saturated carbocycles. The zero-order chi connectivity index (χ0) is 13.2. The molecule has 1 N–H and O–H groups in total. The molecule has 1 fully saturated rings. The fraction of sp³-hybridized carbons (Fsp3) is 0.438. The van der Waals surface area contributed by atoms with Gasteiger partial charge in [-0.3, -0.25) is 0 Å². The van der Waals surface area contributed by atoms with Gasteiger partial charge in [-0.25, -0.2) is 4.98 Å². The Morgan fingerprint density at radius 3 is 2.84 bits per heavy atom. The number of hydrogen-bond acceptors (Lipinski definition) is 2. The van der Waals surface area contributed by atoms with Crippen LogP contribution in [0, 0.1) is 5.92 Å². The topological polar surface area (TPSA) is 29.9 Å². The van der Waals surface area contributed by atoms with E-state index in [0.717, 1.165) is 12.5 Å². The molecule has 2 atom stereocenters. The molecule has 1 aliphatic rings. The Kier molecular flexibility index (Phi) is 3.28. The lowest BCUT2D eigenvalue weighted by molar-refractivity contribution is 0.665. The average molecular weight is 255 g/mol. The van der Waals surface area contributed by atoms with Crippen molar-refractivity contribution in [3.05, 3.63) is 48.3 Å². The van der Waals surface area contributed by atoms with Crippen molar-refractivity contribution in [2.24, 2.45) is 5.92 Å². The first-order valence-electron chi connectivity index (χ1n) is 7.07. The third-order valence-electron chi connectivity index (χ3n) is 3.68. The molecule has 100 valence electrons. The number of nitrogens with one attached hydrogen (secondary N) is 1. The molecule has 3 rings (SSSR count). The van der Waals surface area contributed by atoms with Gasteiger partial charge in [0.25, 0.3) is 0 Å². The third-order valence-corrected chi connectivity index (χ3v) is 3.68. The molecular formula is C16H21N3. The van der Waals surface area contributed by atoms with Gasteiger partial charge in [0.15, 0.2) is 0 Å². The maximum absolute atomic E-state index is 4.43. The minimum absolute atomic E-state index is 0.569. The first-order chi connectivity index (χ1) is 9.25. The molecule has 0 amide bonds. The van der Waals surface area contributed by atoms with E-state index in [0.29, 0.717) is 17.9 Å². The molecule has 1 aromatic carbocycles. The van der Waals surface area contributed by atoms with Crippen molar-refractivity contribution >= 4 is 5.95 Å². The predicted molar refractivity (Wildman–Crippen MR) is 78.4 cm³/mol. The summed E-state index contributed by atoms with van der Waals surface area (Å²) in [5.74, 6) is 2.29. The average Bonchev–Trinajstić information content (AvgIpc) is 3.08. The Morgan fingerprint density at radius 2 is 2.11 bits per heavy atom. The standard InChI is InChI=1S/C16H21N3/c1-12(2)11-18-16-17-8-9-19(16)15-10-14(15)13-6-4-3-5-7-13/h3-9,12,14-15H,10-11H2,1-2H3,(H,17,18). The fourth-order valence-electron chi connectivity index (χ4n) is 2.56. The van der Waals surface area contributed by atoms with Crippen molar-refractivity contribution in [1.82, 2.24) is 9.55 Å². The van der Waals surface area contributed by atoms with Gasteiger partial charge in [-0.05, 0) is 17.9 Å². The highest BCUT2D eigenvalue weighted by Gasteiger charge is 2.40.